The van der Waals surface area contributed by atoms with Gasteiger partial charge in [0.1, 0.15) is 12.7 Å². The van der Waals surface area contributed by atoms with Crippen molar-refractivity contribution in [1.29, 1.82) is 0 Å². The van der Waals surface area contributed by atoms with E-state index in [0.717, 1.165) is 38.5 Å². The van der Waals surface area contributed by atoms with E-state index >= 15 is 0 Å². The minimum absolute atomic E-state index is 0.153. The van der Waals surface area contributed by atoms with Crippen molar-refractivity contribution in [3.05, 3.63) is 0 Å². The predicted molar refractivity (Wildman–Crippen MR) is 259 cm³/mol. The second kappa shape index (κ2) is 47.0. The highest BCUT2D eigenvalue weighted by atomic mass is 31.2. The Morgan fingerprint density at radius 3 is 1.05 bits per heavy atom. The van der Waals surface area contributed by atoms with Crippen LogP contribution >= 0.6 is 7.82 Å². The van der Waals surface area contributed by atoms with Gasteiger partial charge in [0.25, 0.3) is 0 Å². The highest BCUT2D eigenvalue weighted by Gasteiger charge is 2.28. The Bertz CT molecular complexity index is 1080. The van der Waals surface area contributed by atoms with Crippen LogP contribution in [-0.2, 0) is 32.7 Å². The van der Waals surface area contributed by atoms with E-state index in [1.54, 1.807) is 0 Å². The molecule has 12 heteroatoms. The molecule has 0 radical (unpaired) electrons. The fraction of sp³-hybridized carbons (Fsp3) is 0.941. The van der Waals surface area contributed by atoms with Crippen LogP contribution in [0.2, 0.25) is 0 Å². The lowest BCUT2D eigenvalue weighted by Gasteiger charge is -2.18. The van der Waals surface area contributed by atoms with E-state index in [2.05, 4.69) is 19.2 Å². The number of unbranched alkanes of at least 4 members (excludes halogenated alkanes) is 37. The Hall–Kier alpha value is -1.52. The summed E-state index contributed by atoms with van der Waals surface area (Å²) < 4.78 is 27.0. The highest BCUT2D eigenvalue weighted by molar-refractivity contribution is 7.47. The number of ether oxygens (including phenoxy) is 1. The van der Waals surface area contributed by atoms with E-state index in [1.165, 1.54) is 199 Å². The molecule has 0 spiro atoms. The zero-order chi connectivity index (χ0) is 46.3. The Morgan fingerprint density at radius 1 is 0.444 bits per heavy atom. The number of aliphatic hydroxyl groups excluding tert-OH is 1. The van der Waals surface area contributed by atoms with Crippen LogP contribution in [0.1, 0.15) is 277 Å². The van der Waals surface area contributed by atoms with Crippen molar-refractivity contribution in [2.24, 2.45) is 0 Å². The van der Waals surface area contributed by atoms with Crippen LogP contribution < -0.4 is 5.32 Å². The monoisotopic (exact) mass is 918 g/mol. The van der Waals surface area contributed by atoms with E-state index in [4.69, 9.17) is 13.8 Å². The molecule has 1 amide bonds. The number of rotatable bonds is 51. The van der Waals surface area contributed by atoms with Gasteiger partial charge in [-0.15, -0.1) is 0 Å². The van der Waals surface area contributed by atoms with E-state index in [1.807, 2.05) is 0 Å². The van der Waals surface area contributed by atoms with Gasteiger partial charge in [0.15, 0.2) is 6.04 Å². The van der Waals surface area contributed by atoms with Gasteiger partial charge in [-0.2, -0.15) is 0 Å². The summed E-state index contributed by atoms with van der Waals surface area (Å²) in [5.41, 5.74) is 0. The molecule has 0 aromatic heterocycles. The molecule has 11 nitrogen and oxygen atoms in total. The minimum Gasteiger partial charge on any atom is -0.480 e. The molecule has 0 rings (SSSR count). The van der Waals surface area contributed by atoms with Crippen LogP contribution in [-0.4, -0.2) is 64.9 Å². The number of aliphatic carboxylic acids is 1. The minimum atomic E-state index is -4.75. The molecule has 0 fully saturated rings. The Balaban J connectivity index is 3.77. The molecule has 3 unspecified atom stereocenters. The molecule has 0 heterocycles. The van der Waals surface area contributed by atoms with E-state index in [0.29, 0.717) is 12.8 Å². The summed E-state index contributed by atoms with van der Waals surface area (Å²) in [5, 5.41) is 21.9. The first-order valence-corrected chi connectivity index (χ1v) is 28.1. The van der Waals surface area contributed by atoms with Crippen molar-refractivity contribution in [2.75, 3.05) is 19.8 Å². The summed E-state index contributed by atoms with van der Waals surface area (Å²) >= 11 is 0. The summed E-state index contributed by atoms with van der Waals surface area (Å²) in [7, 11) is -4.75. The molecule has 0 aliphatic heterocycles. The molecule has 374 valence electrons. The van der Waals surface area contributed by atoms with Crippen molar-refractivity contribution in [3.8, 4) is 0 Å². The molecule has 0 bridgehead atoms. The molecule has 0 aromatic rings. The Labute approximate surface area is 386 Å². The highest BCUT2D eigenvalue weighted by Crippen LogP contribution is 2.43. The van der Waals surface area contributed by atoms with Crippen LogP contribution in [0.5, 0.6) is 0 Å². The average Bonchev–Trinajstić information content (AvgIpc) is 3.26. The van der Waals surface area contributed by atoms with E-state index in [-0.39, 0.29) is 12.8 Å². The molecule has 0 aliphatic rings. The molecule has 0 saturated heterocycles. The third-order valence-corrected chi connectivity index (χ3v) is 13.1. The Kier molecular flexibility index (Phi) is 45.9. The number of phosphoric acid groups is 1. The van der Waals surface area contributed by atoms with Crippen molar-refractivity contribution in [1.82, 2.24) is 5.32 Å². The number of phosphoric ester groups is 1. The van der Waals surface area contributed by atoms with Crippen LogP contribution in [0.4, 0.5) is 0 Å². The summed E-state index contributed by atoms with van der Waals surface area (Å²) in [5.74, 6) is -2.34. The first-order valence-electron chi connectivity index (χ1n) is 26.6. The van der Waals surface area contributed by atoms with Gasteiger partial charge in [-0.3, -0.25) is 18.6 Å². The molecule has 4 N–H and O–H groups in total. The molecule has 0 saturated carbocycles. The molecule has 3 atom stereocenters. The maximum Gasteiger partial charge on any atom is 0.472 e. The molecule has 63 heavy (non-hydrogen) atoms. The smallest absolute Gasteiger partial charge is 0.472 e. The van der Waals surface area contributed by atoms with Gasteiger partial charge in [0, 0.05) is 12.8 Å². The number of hydrogen-bond acceptors (Lipinski definition) is 8. The standard InChI is InChI=1S/C51H100NO10P/c1-3-5-7-9-11-13-15-17-19-21-23-25-26-28-30-32-34-36-38-40-42-49(54)52-48(51(56)57)46-62-63(58,59)61-45-47(53)44-60-50(55)43-41-39-37-35-33-31-29-27-24-22-20-18-16-14-12-10-8-6-4-2/h47-48,53H,3-46H2,1-2H3,(H,52,54)(H,56,57)(H,58,59). The first-order chi connectivity index (χ1) is 30.6. The van der Waals surface area contributed by atoms with Gasteiger partial charge < -0.3 is 25.2 Å². The zero-order valence-corrected chi connectivity index (χ0v) is 41.8. The van der Waals surface area contributed by atoms with Crippen molar-refractivity contribution < 1.29 is 47.8 Å². The maximum absolute atomic E-state index is 12.4. The van der Waals surface area contributed by atoms with E-state index < -0.39 is 57.6 Å². The lowest BCUT2D eigenvalue weighted by molar-refractivity contribution is -0.147. The zero-order valence-electron chi connectivity index (χ0n) is 40.9. The van der Waals surface area contributed by atoms with E-state index in [9.17, 15) is 34.1 Å². The van der Waals surface area contributed by atoms with Gasteiger partial charge in [-0.25, -0.2) is 9.36 Å². The number of carboxylic acid groups (broad SMARTS) is 1. The summed E-state index contributed by atoms with van der Waals surface area (Å²) in [6, 6.07) is -1.54. The number of carbonyl (C=O) groups is 3. The third kappa shape index (κ3) is 46.8. The SMILES string of the molecule is CCCCCCCCCCCCCCCCCCCCCCC(=O)NC(COP(=O)(O)OCC(O)COC(=O)CCCCCCCCCCCCCCCCCCCCC)C(=O)O. The quantitative estimate of drug-likeness (QED) is 0.0262. The van der Waals surface area contributed by atoms with Crippen LogP contribution in [0.15, 0.2) is 0 Å². The molecule has 0 aromatic carbocycles. The van der Waals surface area contributed by atoms with Gasteiger partial charge in [-0.1, -0.05) is 251 Å². The van der Waals surface area contributed by atoms with Crippen LogP contribution in [0.3, 0.4) is 0 Å². The number of amides is 1. The number of aliphatic hydroxyl groups is 1. The van der Waals surface area contributed by atoms with Crippen molar-refractivity contribution in [2.45, 2.75) is 289 Å². The normalized spacial score (nSPS) is 13.5. The van der Waals surface area contributed by atoms with Crippen molar-refractivity contribution in [3.63, 3.8) is 0 Å². The van der Waals surface area contributed by atoms with Crippen molar-refractivity contribution >= 4 is 25.7 Å². The third-order valence-electron chi connectivity index (χ3n) is 12.1. The molecule has 0 aliphatic carbocycles. The lowest BCUT2D eigenvalue weighted by Crippen LogP contribution is -2.43. The van der Waals surface area contributed by atoms with Crippen LogP contribution in [0.25, 0.3) is 0 Å². The van der Waals surface area contributed by atoms with Crippen LogP contribution in [0, 0.1) is 0 Å². The van der Waals surface area contributed by atoms with Gasteiger partial charge in [-0.05, 0) is 12.8 Å². The van der Waals surface area contributed by atoms with Gasteiger partial charge in [0.2, 0.25) is 5.91 Å². The second-order valence-electron chi connectivity index (χ2n) is 18.4. The lowest BCUT2D eigenvalue weighted by atomic mass is 10.0. The summed E-state index contributed by atoms with van der Waals surface area (Å²) in [6.07, 6.45) is 48.4. The van der Waals surface area contributed by atoms with Gasteiger partial charge >= 0.3 is 19.8 Å². The summed E-state index contributed by atoms with van der Waals surface area (Å²) in [6.45, 7) is 2.66. The number of esters is 1. The fourth-order valence-corrected chi connectivity index (χ4v) is 8.80. The van der Waals surface area contributed by atoms with Gasteiger partial charge in [0.05, 0.1) is 13.2 Å². The fourth-order valence-electron chi connectivity index (χ4n) is 8.03. The topological polar surface area (TPSA) is 169 Å². The Morgan fingerprint density at radius 2 is 0.730 bits per heavy atom. The molecular weight excluding hydrogens is 818 g/mol. The average molecular weight is 918 g/mol. The molecular formula is C51H100NO10P. The second-order valence-corrected chi connectivity index (χ2v) is 19.9. The number of hydrogen-bond donors (Lipinski definition) is 4. The number of carbonyl (C=O) groups excluding carboxylic acids is 2. The first kappa shape index (κ1) is 61.5. The number of nitrogens with one attached hydrogen (secondary N) is 1. The number of carboxylic acids is 1. The predicted octanol–water partition coefficient (Wildman–Crippen LogP) is 14.6. The largest absolute Gasteiger partial charge is 0.480 e. The summed E-state index contributed by atoms with van der Waals surface area (Å²) in [4.78, 5) is 46.1. The maximum atomic E-state index is 12.4.